The third-order valence-corrected chi connectivity index (χ3v) is 6.93. The molecule has 1 unspecified atom stereocenters. The summed E-state index contributed by atoms with van der Waals surface area (Å²) in [6, 6.07) is 0. The first kappa shape index (κ1) is 14.2. The Balaban J connectivity index is 0.00000144. The number of rotatable bonds is 3. The van der Waals surface area contributed by atoms with Gasteiger partial charge in [0.2, 0.25) is 5.69 Å². The summed E-state index contributed by atoms with van der Waals surface area (Å²) >= 11 is 6.41. The molecule has 0 spiro atoms. The van der Waals surface area contributed by atoms with Crippen LogP contribution >= 0.6 is 29.5 Å². The molecule has 2 nitrogen and oxygen atoms in total. The quantitative estimate of drug-likeness (QED) is 0.790. The van der Waals surface area contributed by atoms with Crippen molar-refractivity contribution in [2.24, 2.45) is 0 Å². The predicted molar refractivity (Wildman–Crippen MR) is 65.2 cm³/mol. The minimum absolute atomic E-state index is 0. The van der Waals surface area contributed by atoms with Gasteiger partial charge in [0.1, 0.15) is 0 Å². The highest BCUT2D eigenvalue weighted by Gasteiger charge is 2.22. The second-order valence-electron chi connectivity index (χ2n) is 3.02. The summed E-state index contributed by atoms with van der Waals surface area (Å²) in [4.78, 5) is 9.54. The molecule has 0 bridgehead atoms. The number of hydrogen-bond donors (Lipinski definition) is 1. The van der Waals surface area contributed by atoms with E-state index in [9.17, 15) is 4.89 Å². The normalized spacial score (nSPS) is 23.2. The molecule has 0 saturated heterocycles. The first-order chi connectivity index (χ1) is 5.64. The van der Waals surface area contributed by atoms with Crippen molar-refractivity contribution in [2.75, 3.05) is 7.11 Å². The molecule has 1 aliphatic rings. The molecular formula is C7H16ClO2PS2. The average molecular weight is 263 g/mol. The lowest BCUT2D eigenvalue weighted by molar-refractivity contribution is 0.404. The SMILES string of the molecule is COP(O)(=S)SC1CCCCC1.Cl. The van der Waals surface area contributed by atoms with Gasteiger partial charge in [-0.3, -0.25) is 0 Å². The van der Waals surface area contributed by atoms with Gasteiger partial charge in [-0.1, -0.05) is 30.6 Å². The molecule has 1 aliphatic carbocycles. The third-order valence-electron chi connectivity index (χ3n) is 2.07. The first-order valence-corrected chi connectivity index (χ1v) is 8.37. The van der Waals surface area contributed by atoms with Crippen LogP contribution in [0.1, 0.15) is 32.1 Å². The van der Waals surface area contributed by atoms with E-state index in [1.165, 1.54) is 50.6 Å². The molecule has 1 fully saturated rings. The summed E-state index contributed by atoms with van der Waals surface area (Å²) in [6.45, 7) is 0. The second-order valence-corrected chi connectivity index (χ2v) is 9.49. The molecule has 1 N–H and O–H groups in total. The van der Waals surface area contributed by atoms with Crippen LogP contribution in [0.5, 0.6) is 0 Å². The zero-order valence-corrected chi connectivity index (χ0v) is 11.0. The summed E-state index contributed by atoms with van der Waals surface area (Å²) in [6.07, 6.45) is 6.26. The fraction of sp³-hybridized carbons (Fsp3) is 1.00. The smallest absolute Gasteiger partial charge is 0.244 e. The van der Waals surface area contributed by atoms with Crippen LogP contribution in [0, 0.1) is 0 Å². The fourth-order valence-electron chi connectivity index (χ4n) is 1.40. The predicted octanol–water partition coefficient (Wildman–Crippen LogP) is 3.34. The molecular weight excluding hydrogens is 247 g/mol. The van der Waals surface area contributed by atoms with Gasteiger partial charge in [-0.2, -0.15) is 0 Å². The lowest BCUT2D eigenvalue weighted by atomic mass is 10.0. The molecule has 0 aromatic heterocycles. The Morgan fingerprint density at radius 1 is 1.38 bits per heavy atom. The van der Waals surface area contributed by atoms with Gasteiger partial charge in [-0.05, 0) is 24.6 Å². The fourth-order valence-corrected chi connectivity index (χ4v) is 5.53. The van der Waals surface area contributed by atoms with E-state index in [1.807, 2.05) is 0 Å². The summed E-state index contributed by atoms with van der Waals surface area (Å²) in [5, 5.41) is 0.537. The van der Waals surface area contributed by atoms with Crippen molar-refractivity contribution in [3.05, 3.63) is 0 Å². The number of hydrogen-bond acceptors (Lipinski definition) is 3. The molecule has 0 amide bonds. The molecule has 13 heavy (non-hydrogen) atoms. The second kappa shape index (κ2) is 6.65. The maximum absolute atomic E-state index is 9.54. The van der Waals surface area contributed by atoms with Crippen molar-refractivity contribution in [3.63, 3.8) is 0 Å². The van der Waals surface area contributed by atoms with Crippen molar-refractivity contribution in [1.29, 1.82) is 0 Å². The maximum Gasteiger partial charge on any atom is 0.244 e. The highest BCUT2D eigenvalue weighted by Crippen LogP contribution is 2.59. The Morgan fingerprint density at radius 2 is 1.92 bits per heavy atom. The molecule has 0 aromatic carbocycles. The summed E-state index contributed by atoms with van der Waals surface area (Å²) in [5.41, 5.74) is -2.49. The number of halogens is 1. The van der Waals surface area contributed by atoms with E-state index < -0.39 is 5.69 Å². The van der Waals surface area contributed by atoms with Crippen LogP contribution in [-0.4, -0.2) is 17.3 Å². The van der Waals surface area contributed by atoms with E-state index in [0.717, 1.165) is 0 Å². The van der Waals surface area contributed by atoms with Gasteiger partial charge < -0.3 is 9.42 Å². The topological polar surface area (TPSA) is 29.5 Å². The van der Waals surface area contributed by atoms with Gasteiger partial charge in [0.25, 0.3) is 0 Å². The van der Waals surface area contributed by atoms with E-state index in [4.69, 9.17) is 16.3 Å². The average Bonchev–Trinajstić information content (AvgIpc) is 2.06. The summed E-state index contributed by atoms with van der Waals surface area (Å²) in [5.74, 6) is 0. The van der Waals surface area contributed by atoms with Crippen LogP contribution in [0.3, 0.4) is 0 Å². The molecule has 80 valence electrons. The minimum Gasteiger partial charge on any atom is -0.337 e. The van der Waals surface area contributed by atoms with E-state index >= 15 is 0 Å². The molecule has 0 aromatic rings. The Morgan fingerprint density at radius 3 is 2.38 bits per heavy atom. The van der Waals surface area contributed by atoms with E-state index in [0.29, 0.717) is 5.25 Å². The highest BCUT2D eigenvalue weighted by atomic mass is 35.5. The lowest BCUT2D eigenvalue weighted by Crippen LogP contribution is -2.07. The van der Waals surface area contributed by atoms with Gasteiger partial charge in [0.15, 0.2) is 0 Å². The lowest BCUT2D eigenvalue weighted by Gasteiger charge is -2.23. The largest absolute Gasteiger partial charge is 0.337 e. The van der Waals surface area contributed by atoms with Gasteiger partial charge >= 0.3 is 0 Å². The Hall–Kier alpha value is 1.21. The van der Waals surface area contributed by atoms with Gasteiger partial charge in [0.05, 0.1) is 0 Å². The van der Waals surface area contributed by atoms with Crippen LogP contribution in [0.4, 0.5) is 0 Å². The molecule has 1 atom stereocenters. The standard InChI is InChI=1S/C7H15O2PS2.ClH/c1-9-10(8,11)12-7-5-3-2-4-6-7;/h7H,2-6H2,1H3,(H,8,11);1H. The van der Waals surface area contributed by atoms with E-state index in [1.54, 1.807) is 0 Å². The highest BCUT2D eigenvalue weighted by molar-refractivity contribution is 8.67. The van der Waals surface area contributed by atoms with Crippen LogP contribution < -0.4 is 0 Å². The van der Waals surface area contributed by atoms with Crippen LogP contribution in [0.25, 0.3) is 0 Å². The zero-order valence-electron chi connectivity index (χ0n) is 7.64. The first-order valence-electron chi connectivity index (χ1n) is 4.21. The third kappa shape index (κ3) is 5.60. The monoisotopic (exact) mass is 262 g/mol. The van der Waals surface area contributed by atoms with Crippen molar-refractivity contribution >= 4 is 41.3 Å². The maximum atomic E-state index is 9.54. The summed E-state index contributed by atoms with van der Waals surface area (Å²) in [7, 11) is 1.50. The Bertz CT molecular complexity index is 185. The van der Waals surface area contributed by atoms with E-state index in [2.05, 4.69) is 0 Å². The van der Waals surface area contributed by atoms with Crippen molar-refractivity contribution in [3.8, 4) is 0 Å². The zero-order chi connectivity index (χ0) is 9.03. The molecule has 0 radical (unpaired) electrons. The van der Waals surface area contributed by atoms with Gasteiger partial charge in [0, 0.05) is 12.4 Å². The Labute approximate surface area is 95.1 Å². The van der Waals surface area contributed by atoms with Gasteiger partial charge in [-0.25, -0.2) is 0 Å². The van der Waals surface area contributed by atoms with Crippen molar-refractivity contribution in [2.45, 2.75) is 37.4 Å². The van der Waals surface area contributed by atoms with Crippen LogP contribution in [0.2, 0.25) is 0 Å². The van der Waals surface area contributed by atoms with Crippen LogP contribution in [-0.2, 0) is 16.3 Å². The molecule has 0 aliphatic heterocycles. The Kier molecular flexibility index (Phi) is 7.27. The van der Waals surface area contributed by atoms with Crippen molar-refractivity contribution in [1.82, 2.24) is 0 Å². The molecule has 6 heteroatoms. The molecule has 0 heterocycles. The minimum atomic E-state index is -2.49. The van der Waals surface area contributed by atoms with Crippen molar-refractivity contribution < 1.29 is 9.42 Å². The van der Waals surface area contributed by atoms with E-state index in [-0.39, 0.29) is 12.4 Å². The molecule has 1 saturated carbocycles. The summed E-state index contributed by atoms with van der Waals surface area (Å²) < 4.78 is 4.88. The van der Waals surface area contributed by atoms with Crippen LogP contribution in [0.15, 0.2) is 0 Å². The van der Waals surface area contributed by atoms with Gasteiger partial charge in [-0.15, -0.1) is 12.4 Å². The molecule has 1 rings (SSSR count).